The number of benzene rings is 2. The summed E-state index contributed by atoms with van der Waals surface area (Å²) >= 11 is 0. The lowest BCUT2D eigenvalue weighted by Crippen LogP contribution is -2.17. The maximum absolute atomic E-state index is 10.8. The minimum atomic E-state index is -4.12. The van der Waals surface area contributed by atoms with Crippen LogP contribution in [-0.2, 0) is 6.37 Å². The number of rotatable bonds is 10. The zero-order valence-electron chi connectivity index (χ0n) is 32.4. The summed E-state index contributed by atoms with van der Waals surface area (Å²) in [5, 5.41) is 10.8. The average molecular weight is 364 g/mol. The fraction of sp³-hybridized carbons (Fsp3) is 0.429. The van der Waals surface area contributed by atoms with E-state index in [1.54, 1.807) is 0 Å². The highest BCUT2D eigenvalue weighted by atomic mass is 16.5. The molecule has 0 bridgehead atoms. The van der Waals surface area contributed by atoms with Crippen LogP contribution < -0.4 is 14.2 Å². The van der Waals surface area contributed by atoms with Gasteiger partial charge in [0.25, 0.3) is 0 Å². The second-order valence-corrected chi connectivity index (χ2v) is 4.38. The van der Waals surface area contributed by atoms with Crippen molar-refractivity contribution in [3.8, 4) is 17.2 Å². The summed E-state index contributed by atoms with van der Waals surface area (Å²) in [5.74, 6) is -2.84. The molecule has 1 atom stereocenters. The van der Waals surface area contributed by atoms with Crippen LogP contribution >= 0.6 is 0 Å². The molecule has 0 fully saturated rings. The van der Waals surface area contributed by atoms with Crippen molar-refractivity contribution in [1.29, 1.82) is 0 Å². The molecule has 4 heteroatoms. The Morgan fingerprint density at radius 1 is 1.24 bits per heavy atom. The molecule has 2 aromatic carbocycles. The van der Waals surface area contributed by atoms with E-state index in [4.69, 9.17) is 35.5 Å². The monoisotopic (exact) mass is 363 g/mol. The van der Waals surface area contributed by atoms with Gasteiger partial charge in [-0.1, -0.05) is 24.5 Å². The van der Waals surface area contributed by atoms with Gasteiger partial charge in [-0.15, -0.1) is 0 Å². The third-order valence-corrected chi connectivity index (χ3v) is 2.59. The molecule has 25 heavy (non-hydrogen) atoms. The lowest BCUT2D eigenvalue weighted by Gasteiger charge is -2.13. The lowest BCUT2D eigenvalue weighted by molar-refractivity contribution is 0.0976. The molecule has 1 unspecified atom stereocenters. The first-order chi connectivity index (χ1) is 19.5. The molecule has 0 spiro atoms. The van der Waals surface area contributed by atoms with Crippen LogP contribution in [0.1, 0.15) is 56.3 Å². The van der Waals surface area contributed by atoms with Gasteiger partial charge in [-0.05, 0) is 61.3 Å². The number of aliphatic hydroxyl groups is 1. The summed E-state index contributed by atoms with van der Waals surface area (Å²) in [4.78, 5) is 0. The molecule has 0 heterocycles. The minimum absolute atomic E-state index is 0.241. The summed E-state index contributed by atoms with van der Waals surface area (Å²) in [5.41, 5.74) is -1.45. The predicted molar refractivity (Wildman–Crippen MR) is 99.8 cm³/mol. The highest BCUT2D eigenvalue weighted by Crippen LogP contribution is 2.28. The zero-order chi connectivity index (χ0) is 34.8. The van der Waals surface area contributed by atoms with Gasteiger partial charge in [0.1, 0.15) is 12.3 Å². The summed E-state index contributed by atoms with van der Waals surface area (Å²) in [6.07, 6.45) is -17.0. The van der Waals surface area contributed by atoms with Crippen LogP contribution in [0.3, 0.4) is 0 Å². The molecule has 0 saturated carbocycles. The molecule has 0 aliphatic carbocycles. The Kier molecular flexibility index (Phi) is 2.35. The Balaban J connectivity index is 2.63. The van der Waals surface area contributed by atoms with Gasteiger partial charge in [0.15, 0.2) is 11.5 Å². The van der Waals surface area contributed by atoms with E-state index in [0.29, 0.717) is 0 Å². The Morgan fingerprint density at radius 3 is 2.92 bits per heavy atom. The quantitative estimate of drug-likeness (QED) is 0.688. The number of methoxy groups -OCH3 is 2. The summed E-state index contributed by atoms with van der Waals surface area (Å²) < 4.78 is 167. The van der Waals surface area contributed by atoms with Crippen molar-refractivity contribution in [2.45, 2.75) is 38.5 Å². The van der Waals surface area contributed by atoms with Crippen molar-refractivity contribution in [2.24, 2.45) is 0 Å². The van der Waals surface area contributed by atoms with Gasteiger partial charge >= 0.3 is 0 Å². The summed E-state index contributed by atoms with van der Waals surface area (Å²) in [6, 6.07) is -6.61. The second-order valence-electron chi connectivity index (χ2n) is 4.38. The van der Waals surface area contributed by atoms with Crippen LogP contribution in [0.15, 0.2) is 42.3 Å². The van der Waals surface area contributed by atoms with Gasteiger partial charge in [-0.2, -0.15) is 0 Å². The topological polar surface area (TPSA) is 47.9 Å². The molecule has 0 radical (unpaired) electrons. The fourth-order valence-corrected chi connectivity index (χ4v) is 1.52. The van der Waals surface area contributed by atoms with Crippen LogP contribution in [0.4, 0.5) is 0 Å². The molecule has 1 N–H and O–H groups in total. The lowest BCUT2D eigenvalue weighted by atomic mass is 10.0. The fourth-order valence-electron chi connectivity index (χ4n) is 1.52. The van der Waals surface area contributed by atoms with E-state index < -0.39 is 110 Å². The summed E-state index contributed by atoms with van der Waals surface area (Å²) in [6.45, 7) is -2.73. The molecule has 136 valence electrons. The molecule has 0 saturated heterocycles. The van der Waals surface area contributed by atoms with E-state index in [0.717, 1.165) is 7.11 Å². The Bertz CT molecular complexity index is 1410. The molecular weight excluding hydrogens is 316 g/mol. The number of hydrogen-bond acceptors (Lipinski definition) is 4. The van der Waals surface area contributed by atoms with Gasteiger partial charge < -0.3 is 19.3 Å². The van der Waals surface area contributed by atoms with E-state index >= 15 is 0 Å². The largest absolute Gasteiger partial charge is 0.493 e. The first-order valence-corrected chi connectivity index (χ1v) is 6.86. The Hall–Kier alpha value is -2.20. The third-order valence-electron chi connectivity index (χ3n) is 2.59. The SMILES string of the molecule is [2H]c1c([2H])c(C)c([2H])c(OC([2H])([2H])C([2H])(O)C([2H])([2H])CC([2H])([2H])C([2H])([2H])c2c([2H])c([2H])c(OC([2H])([2H])[2H])c(OC)c2[2H])c1[2H]. The second kappa shape index (κ2) is 9.94. The van der Waals surface area contributed by atoms with E-state index in [1.807, 2.05) is 0 Å². The van der Waals surface area contributed by atoms with Crippen molar-refractivity contribution in [3.63, 3.8) is 0 Å². The van der Waals surface area contributed by atoms with Gasteiger partial charge in [-0.3, -0.25) is 0 Å². The van der Waals surface area contributed by atoms with Crippen molar-refractivity contribution < 1.29 is 45.4 Å². The summed E-state index contributed by atoms with van der Waals surface area (Å²) in [7, 11) is -2.30. The molecule has 0 amide bonds. The zero-order valence-corrected chi connectivity index (χ0v) is 13.4. The maximum Gasteiger partial charge on any atom is 0.160 e. The van der Waals surface area contributed by atoms with Gasteiger partial charge in [-0.25, -0.2) is 0 Å². The Morgan fingerprint density at radius 2 is 2.12 bits per heavy atom. The maximum atomic E-state index is 10.8. The number of hydrogen-bond donors (Lipinski definition) is 1. The first kappa shape index (κ1) is 5.92. The smallest absolute Gasteiger partial charge is 0.160 e. The van der Waals surface area contributed by atoms with E-state index in [9.17, 15) is 5.11 Å². The van der Waals surface area contributed by atoms with Crippen molar-refractivity contribution in [3.05, 3.63) is 53.4 Å². The first-order valence-electron chi connectivity index (χ1n) is 16.4. The van der Waals surface area contributed by atoms with Crippen LogP contribution in [0, 0.1) is 6.92 Å². The molecule has 0 aromatic heterocycles. The van der Waals surface area contributed by atoms with Crippen LogP contribution in [0.25, 0.3) is 0 Å². The van der Waals surface area contributed by atoms with E-state index in [-0.39, 0.29) is 5.56 Å². The molecule has 2 rings (SSSR count). The standard InChI is InChI=1S/C21H28O4/c1-16-7-6-10-19(13-16)25-15-18(22)9-5-4-8-17-11-12-20(23-2)21(14-17)24-3/h6-7,10-14,18,22H,4-5,8-9,15H2,1-3H3/i2D3,4D2,6D,7D,8D2,9D2,10D,11D,12D,13D,14D,15D2,18D. The van der Waals surface area contributed by atoms with Crippen LogP contribution in [0.2, 0.25) is 0 Å². The molecule has 0 aliphatic rings. The third kappa shape index (κ3) is 6.31. The van der Waals surface area contributed by atoms with Gasteiger partial charge in [0.2, 0.25) is 0 Å². The van der Waals surface area contributed by atoms with Crippen molar-refractivity contribution >= 4 is 0 Å². The van der Waals surface area contributed by atoms with E-state index in [2.05, 4.69) is 4.74 Å². The molecule has 0 aliphatic heterocycles. The normalized spacial score (nSPS) is 26.9. The van der Waals surface area contributed by atoms with Crippen LogP contribution in [-0.4, -0.2) is 31.9 Å². The van der Waals surface area contributed by atoms with Gasteiger partial charge in [0.05, 0.1) is 38.0 Å². The van der Waals surface area contributed by atoms with E-state index in [1.165, 1.54) is 6.92 Å². The van der Waals surface area contributed by atoms with Crippen molar-refractivity contribution in [2.75, 3.05) is 20.7 Å². The minimum Gasteiger partial charge on any atom is -0.493 e. The molecule has 2 aromatic rings. The molecule has 4 nitrogen and oxygen atoms in total. The predicted octanol–water partition coefficient (Wildman–Crippen LogP) is 4.16. The highest BCUT2D eigenvalue weighted by Gasteiger charge is 2.07. The average Bonchev–Trinajstić information content (AvgIpc) is 2.85. The Labute approximate surface area is 177 Å². The van der Waals surface area contributed by atoms with Crippen LogP contribution in [0.5, 0.6) is 17.2 Å². The number of ether oxygens (including phenoxy) is 3. The van der Waals surface area contributed by atoms with Gasteiger partial charge in [0, 0.05) is 8.22 Å². The van der Waals surface area contributed by atoms with Crippen molar-refractivity contribution in [1.82, 2.24) is 0 Å². The molecular formula is C21H28O4. The highest BCUT2D eigenvalue weighted by molar-refractivity contribution is 5.42.